The van der Waals surface area contributed by atoms with Gasteiger partial charge in [0.15, 0.2) is 0 Å². The normalized spacial score (nSPS) is 12.8. The molecule has 4 aliphatic rings. The van der Waals surface area contributed by atoms with Crippen LogP contribution in [0.3, 0.4) is 0 Å². The molecule has 0 unspecified atom stereocenters. The number of halogens is 1. The lowest BCUT2D eigenvalue weighted by molar-refractivity contribution is 0.642. The van der Waals surface area contributed by atoms with Crippen molar-refractivity contribution >= 4 is 109 Å². The van der Waals surface area contributed by atoms with Crippen molar-refractivity contribution in [2.45, 2.75) is 130 Å². The predicted octanol–water partition coefficient (Wildman–Crippen LogP) is 19.1. The summed E-state index contributed by atoms with van der Waals surface area (Å²) in [5, 5.41) is 0. The van der Waals surface area contributed by atoms with E-state index in [4.69, 9.17) is 19.9 Å². The number of rotatable bonds is 13. The molecule has 0 fully saturated rings. The number of H-pyrrole nitrogens is 4. The van der Waals surface area contributed by atoms with E-state index in [1.54, 1.807) is 0 Å². The molecule has 0 saturated carbocycles. The molecule has 0 amide bonds. The van der Waals surface area contributed by atoms with Gasteiger partial charge in [-0.05, 0) is 212 Å². The summed E-state index contributed by atoms with van der Waals surface area (Å²) in [5.74, 6) is 8.52. The molecule has 4 N–H and O–H groups in total. The fourth-order valence-electron chi connectivity index (χ4n) is 12.2. The quantitative estimate of drug-likeness (QED) is 0.0861. The topological polar surface area (TPSA) is 115 Å². The molecule has 388 valence electrons. The molecular weight excluding hydrogens is 1010 g/mol. The van der Waals surface area contributed by atoms with E-state index in [2.05, 4.69) is 231 Å². The van der Waals surface area contributed by atoms with E-state index in [0.717, 1.165) is 168 Å². The van der Waals surface area contributed by atoms with Gasteiger partial charge in [0.25, 0.3) is 0 Å². The van der Waals surface area contributed by atoms with Crippen LogP contribution in [0.15, 0.2) is 83.3 Å². The van der Waals surface area contributed by atoms with Gasteiger partial charge in [-0.15, -0.1) is 0 Å². The number of aromatic amines is 4. The van der Waals surface area contributed by atoms with Gasteiger partial charge >= 0.3 is 0 Å². The average Bonchev–Trinajstić information content (AvgIpc) is 4.37. The van der Waals surface area contributed by atoms with Crippen LogP contribution in [0.2, 0.25) is 0 Å². The van der Waals surface area contributed by atoms with Crippen LogP contribution in [0, 0.1) is 11.8 Å². The Balaban J connectivity index is 1.12. The molecule has 1 aromatic carbocycles. The van der Waals surface area contributed by atoms with E-state index < -0.39 is 0 Å². The van der Waals surface area contributed by atoms with Crippen molar-refractivity contribution in [3.05, 3.63) is 162 Å². The van der Waals surface area contributed by atoms with Crippen LogP contribution < -0.4 is 0 Å². The third kappa shape index (κ3) is 9.82. The van der Waals surface area contributed by atoms with E-state index in [9.17, 15) is 0 Å². The molecule has 11 rings (SSSR count). The first-order valence-electron chi connectivity index (χ1n) is 28.2. The summed E-state index contributed by atoms with van der Waals surface area (Å²) in [6.45, 7) is 18.2. The van der Waals surface area contributed by atoms with E-state index >= 15 is 0 Å². The Labute approximate surface area is 461 Å². The Morgan fingerprint density at radius 2 is 0.688 bits per heavy atom. The molecule has 0 spiro atoms. The highest BCUT2D eigenvalue weighted by atomic mass is 79.9. The first-order chi connectivity index (χ1) is 37.7. The molecule has 0 radical (unpaired) electrons. The number of fused-ring (bicyclic) bond motifs is 16. The van der Waals surface area contributed by atoms with Gasteiger partial charge in [0.1, 0.15) is 0 Å². The maximum Gasteiger partial charge on any atom is 0.0816 e. The van der Waals surface area contributed by atoms with Crippen molar-refractivity contribution in [1.82, 2.24) is 39.9 Å². The number of nitrogens with one attached hydrogen (secondary N) is 4. The summed E-state index contributed by atoms with van der Waals surface area (Å²) < 4.78 is 0.987. The maximum absolute atomic E-state index is 5.51. The van der Waals surface area contributed by atoms with Crippen LogP contribution in [-0.4, -0.2) is 39.9 Å². The standard InChI is InChI=1S/C68H69BrN8/c1-9-41(10-2)63-51-25-22-46(70-51)39-47-23-26-52(71-47)64(42(11-3)12-4)56-32-34-60(75-56)67(59-33-31-55(63)74-59)45-20-17-40(18-21-45)19-24-48-49-27-29-53(72-49)65(43(13-5)14-6)57-35-37-61(76-57)68(69)62-38-36-58(77-62)66(44(15-7)16-8)54-30-28-50(48)73-54/h17-18,20-23,25-39,41-44,70-71,76-77H,9-16H2,1-8H3. The number of aromatic nitrogens is 8. The summed E-state index contributed by atoms with van der Waals surface area (Å²) >= 11 is 3.97. The van der Waals surface area contributed by atoms with Gasteiger partial charge in [-0.3, -0.25) is 0 Å². The van der Waals surface area contributed by atoms with Gasteiger partial charge in [0.05, 0.1) is 66.6 Å². The summed E-state index contributed by atoms with van der Waals surface area (Å²) in [6.07, 6.45) is 25.3. The Morgan fingerprint density at radius 1 is 0.364 bits per heavy atom. The largest absolute Gasteiger partial charge is 0.355 e. The summed E-state index contributed by atoms with van der Waals surface area (Å²) in [7, 11) is 0. The fraction of sp³-hybridized carbons (Fsp3) is 0.294. The first kappa shape index (κ1) is 51.6. The Bertz CT molecular complexity index is 3730. The molecule has 10 heterocycles. The molecule has 8 nitrogen and oxygen atoms in total. The van der Waals surface area contributed by atoms with Crippen molar-refractivity contribution in [3.63, 3.8) is 0 Å². The highest BCUT2D eigenvalue weighted by Gasteiger charge is 2.24. The summed E-state index contributed by atoms with van der Waals surface area (Å²) in [4.78, 5) is 37.0. The van der Waals surface area contributed by atoms with Gasteiger partial charge in [0, 0.05) is 66.5 Å². The predicted molar refractivity (Wildman–Crippen MR) is 330 cm³/mol. The molecule has 4 aliphatic heterocycles. The lowest BCUT2D eigenvalue weighted by Gasteiger charge is -2.14. The van der Waals surface area contributed by atoms with E-state index in [-0.39, 0.29) is 0 Å². The minimum Gasteiger partial charge on any atom is -0.355 e. The zero-order valence-corrected chi connectivity index (χ0v) is 47.3. The SMILES string of the molecule is CCC(CC)c1c2nc(c(-c3ccc(C#Cc4c5nc(c(C(CC)CC)c6ccc([nH]6)c(Br)c6ccc([nH]6)c(C(CC)CC)c6nc4C=C6)C=C5)cc3)c3nc(c(C(CC)CC)c4ccc(cc5ccc1[nH]5)[nH]4)C=C3)C=C2. The molecule has 0 atom stereocenters. The van der Waals surface area contributed by atoms with E-state index in [1.807, 2.05) is 0 Å². The Morgan fingerprint density at radius 3 is 1.08 bits per heavy atom. The third-order valence-electron chi connectivity index (χ3n) is 16.5. The van der Waals surface area contributed by atoms with Gasteiger partial charge in [-0.1, -0.05) is 79.4 Å². The molecular formula is C68H69BrN8. The first-order valence-corrected chi connectivity index (χ1v) is 29.0. The zero-order chi connectivity index (χ0) is 53.3. The van der Waals surface area contributed by atoms with Gasteiger partial charge < -0.3 is 19.9 Å². The summed E-state index contributed by atoms with van der Waals surface area (Å²) in [6, 6.07) is 28.4. The van der Waals surface area contributed by atoms with Crippen molar-refractivity contribution in [3.8, 4) is 23.0 Å². The minimum atomic E-state index is 0.303. The van der Waals surface area contributed by atoms with Gasteiger partial charge in [0.2, 0.25) is 0 Å². The van der Waals surface area contributed by atoms with E-state index in [1.165, 1.54) is 22.3 Å². The minimum absolute atomic E-state index is 0.303. The van der Waals surface area contributed by atoms with Crippen LogP contribution in [-0.2, 0) is 0 Å². The molecule has 6 aromatic heterocycles. The molecule has 0 saturated heterocycles. The van der Waals surface area contributed by atoms with Crippen LogP contribution >= 0.6 is 15.9 Å². The molecule has 16 bridgehead atoms. The number of benzene rings is 1. The molecule has 9 heteroatoms. The number of hydrogen-bond donors (Lipinski definition) is 4. The number of nitrogens with zero attached hydrogens (tertiary/aromatic N) is 4. The van der Waals surface area contributed by atoms with Crippen molar-refractivity contribution < 1.29 is 0 Å². The van der Waals surface area contributed by atoms with E-state index in [0.29, 0.717) is 23.7 Å². The Hall–Kier alpha value is -7.54. The zero-order valence-electron chi connectivity index (χ0n) is 45.8. The van der Waals surface area contributed by atoms with Gasteiger partial charge in [-0.25, -0.2) is 19.9 Å². The molecule has 0 aliphatic carbocycles. The van der Waals surface area contributed by atoms with Crippen LogP contribution in [0.5, 0.6) is 0 Å². The second-order valence-electron chi connectivity index (χ2n) is 20.8. The van der Waals surface area contributed by atoms with Gasteiger partial charge in [-0.2, -0.15) is 0 Å². The van der Waals surface area contributed by atoms with Crippen molar-refractivity contribution in [2.75, 3.05) is 0 Å². The maximum atomic E-state index is 5.51. The molecule has 7 aromatic rings. The van der Waals surface area contributed by atoms with Crippen LogP contribution in [0.25, 0.3) is 104 Å². The second-order valence-corrected chi connectivity index (χ2v) is 21.6. The highest BCUT2D eigenvalue weighted by molar-refractivity contribution is 9.10. The third-order valence-corrected chi connectivity index (χ3v) is 17.4. The monoisotopic (exact) mass is 1080 g/mol. The smallest absolute Gasteiger partial charge is 0.0816 e. The lowest BCUT2D eigenvalue weighted by atomic mass is 9.92. The number of hydrogen-bond acceptors (Lipinski definition) is 4. The average molecular weight is 1080 g/mol. The second kappa shape index (κ2) is 22.2. The highest BCUT2D eigenvalue weighted by Crippen LogP contribution is 2.39. The fourth-order valence-corrected chi connectivity index (χ4v) is 12.6. The van der Waals surface area contributed by atoms with Crippen LogP contribution in [0.1, 0.15) is 209 Å². The van der Waals surface area contributed by atoms with Crippen molar-refractivity contribution in [1.29, 1.82) is 0 Å². The van der Waals surface area contributed by atoms with Crippen LogP contribution in [0.4, 0.5) is 0 Å². The summed E-state index contributed by atoms with van der Waals surface area (Å²) in [5.41, 5.74) is 24.4. The lowest BCUT2D eigenvalue weighted by Crippen LogP contribution is -2.00. The molecule has 77 heavy (non-hydrogen) atoms. The Kier molecular flexibility index (Phi) is 14.9. The van der Waals surface area contributed by atoms with Crippen molar-refractivity contribution in [2.24, 2.45) is 0 Å².